The van der Waals surface area contributed by atoms with Crippen molar-refractivity contribution in [2.75, 3.05) is 0 Å². The van der Waals surface area contributed by atoms with Crippen molar-refractivity contribution in [1.29, 1.82) is 0 Å². The fourth-order valence-electron chi connectivity index (χ4n) is 3.80. The molecule has 5 rings (SSSR count). The van der Waals surface area contributed by atoms with Crippen molar-refractivity contribution < 1.29 is 0 Å². The second-order valence-electron chi connectivity index (χ2n) is 7.20. The molecular weight excluding hydrogens is 416 g/mol. The Labute approximate surface area is 181 Å². The average Bonchev–Trinajstić information content (AvgIpc) is 3.14. The smallest absolute Gasteiger partial charge is 0.287 e. The third-order valence-electron chi connectivity index (χ3n) is 5.25. The number of hydrogen-bond acceptors (Lipinski definition) is 3. The predicted molar refractivity (Wildman–Crippen MR) is 124 cm³/mol. The zero-order valence-electron chi connectivity index (χ0n) is 16.1. The molecule has 0 N–H and O–H groups in total. The summed E-state index contributed by atoms with van der Waals surface area (Å²) < 4.78 is 4.49. The average molecular weight is 433 g/mol. The maximum atomic E-state index is 13.7. The quantitative estimate of drug-likeness (QED) is 0.384. The first-order valence-electron chi connectivity index (χ1n) is 9.52. The summed E-state index contributed by atoms with van der Waals surface area (Å²) in [5.41, 5.74) is 2.31. The Balaban J connectivity index is 1.93. The SMILES string of the molecule is Cc1ccc(Cl)cc1-n1c(=O)c2sc3ccccc3c2n(Cc2ccccc2)c1=O. The third kappa shape index (κ3) is 2.98. The summed E-state index contributed by atoms with van der Waals surface area (Å²) in [4.78, 5) is 27.2. The van der Waals surface area contributed by atoms with Crippen molar-refractivity contribution in [3.63, 3.8) is 0 Å². The minimum absolute atomic E-state index is 0.314. The van der Waals surface area contributed by atoms with E-state index in [0.717, 1.165) is 21.2 Å². The highest BCUT2D eigenvalue weighted by Gasteiger charge is 2.20. The van der Waals surface area contributed by atoms with Gasteiger partial charge in [-0.3, -0.25) is 9.36 Å². The number of halogens is 1. The van der Waals surface area contributed by atoms with Crippen LogP contribution in [0.25, 0.3) is 26.0 Å². The van der Waals surface area contributed by atoms with Crippen LogP contribution < -0.4 is 11.2 Å². The van der Waals surface area contributed by atoms with Crippen molar-refractivity contribution in [1.82, 2.24) is 9.13 Å². The lowest BCUT2D eigenvalue weighted by molar-refractivity contribution is 0.716. The Hall–Kier alpha value is -3.15. The van der Waals surface area contributed by atoms with Gasteiger partial charge in [0.1, 0.15) is 4.70 Å². The number of rotatable bonds is 3. The summed E-state index contributed by atoms with van der Waals surface area (Å²) in [6.07, 6.45) is 0. The van der Waals surface area contributed by atoms with Crippen LogP contribution in [0.4, 0.5) is 0 Å². The molecule has 0 aliphatic heterocycles. The van der Waals surface area contributed by atoms with E-state index < -0.39 is 0 Å². The van der Waals surface area contributed by atoms with Crippen molar-refractivity contribution in [2.24, 2.45) is 0 Å². The van der Waals surface area contributed by atoms with Gasteiger partial charge in [-0.15, -0.1) is 11.3 Å². The maximum absolute atomic E-state index is 13.7. The number of thiophene rings is 1. The molecule has 2 aromatic heterocycles. The van der Waals surface area contributed by atoms with Gasteiger partial charge in [0.15, 0.2) is 0 Å². The van der Waals surface area contributed by atoms with Gasteiger partial charge in [0.05, 0.1) is 17.7 Å². The number of nitrogens with zero attached hydrogens (tertiary/aromatic N) is 2. The monoisotopic (exact) mass is 432 g/mol. The van der Waals surface area contributed by atoms with Crippen molar-refractivity contribution >= 4 is 43.2 Å². The number of hydrogen-bond donors (Lipinski definition) is 0. The molecule has 5 aromatic rings. The Morgan fingerprint density at radius 3 is 2.47 bits per heavy atom. The first-order valence-corrected chi connectivity index (χ1v) is 10.7. The molecule has 148 valence electrons. The van der Waals surface area contributed by atoms with Crippen LogP contribution in [-0.2, 0) is 6.54 Å². The van der Waals surface area contributed by atoms with Gasteiger partial charge >= 0.3 is 5.69 Å². The second kappa shape index (κ2) is 7.27. The number of fused-ring (bicyclic) bond motifs is 3. The minimum atomic E-state index is -0.370. The first-order chi connectivity index (χ1) is 14.5. The lowest BCUT2D eigenvalue weighted by Gasteiger charge is -2.14. The maximum Gasteiger partial charge on any atom is 0.336 e. The molecule has 2 heterocycles. The van der Waals surface area contributed by atoms with Crippen LogP contribution in [0.2, 0.25) is 5.02 Å². The summed E-state index contributed by atoms with van der Waals surface area (Å²) in [7, 11) is 0. The Bertz CT molecular complexity index is 1530. The van der Waals surface area contributed by atoms with Crippen LogP contribution in [0.15, 0.2) is 82.4 Å². The van der Waals surface area contributed by atoms with Crippen LogP contribution >= 0.6 is 22.9 Å². The van der Waals surface area contributed by atoms with Gasteiger partial charge in [-0.05, 0) is 36.2 Å². The van der Waals surface area contributed by atoms with Crippen LogP contribution in [0.3, 0.4) is 0 Å². The van der Waals surface area contributed by atoms with E-state index in [2.05, 4.69) is 0 Å². The van der Waals surface area contributed by atoms with E-state index in [1.54, 1.807) is 16.7 Å². The molecular formula is C24H17ClN2O2S. The normalized spacial score (nSPS) is 11.4. The zero-order valence-corrected chi connectivity index (χ0v) is 17.7. The van der Waals surface area contributed by atoms with Gasteiger partial charge in [0.25, 0.3) is 5.56 Å². The van der Waals surface area contributed by atoms with Gasteiger partial charge in [-0.25, -0.2) is 9.36 Å². The molecule has 0 atom stereocenters. The van der Waals surface area contributed by atoms with Crippen LogP contribution in [0, 0.1) is 6.92 Å². The summed E-state index contributed by atoms with van der Waals surface area (Å²) in [5, 5.41) is 1.39. The molecule has 0 saturated carbocycles. The first kappa shape index (κ1) is 18.9. The molecule has 0 spiro atoms. The number of aromatic nitrogens is 2. The second-order valence-corrected chi connectivity index (χ2v) is 8.69. The topological polar surface area (TPSA) is 44.0 Å². The van der Waals surface area contributed by atoms with Crippen LogP contribution in [0.5, 0.6) is 0 Å². The highest BCUT2D eigenvalue weighted by atomic mass is 35.5. The van der Waals surface area contributed by atoms with Crippen molar-refractivity contribution in [2.45, 2.75) is 13.5 Å². The summed E-state index contributed by atoms with van der Waals surface area (Å²) in [6.45, 7) is 2.24. The van der Waals surface area contributed by atoms with E-state index in [0.29, 0.717) is 27.5 Å². The molecule has 0 bridgehead atoms. The van der Waals surface area contributed by atoms with Gasteiger partial charge < -0.3 is 0 Å². The summed E-state index contributed by atoms with van der Waals surface area (Å²) >= 11 is 7.62. The fourth-order valence-corrected chi connectivity index (χ4v) is 5.10. The molecule has 0 amide bonds. The molecule has 0 fully saturated rings. The Kier molecular flexibility index (Phi) is 4.57. The third-order valence-corrected chi connectivity index (χ3v) is 6.64. The van der Waals surface area contributed by atoms with Crippen molar-refractivity contribution in [3.05, 3.63) is 110 Å². The molecule has 3 aromatic carbocycles. The minimum Gasteiger partial charge on any atom is -0.287 e. The molecule has 0 radical (unpaired) electrons. The lowest BCUT2D eigenvalue weighted by atomic mass is 10.2. The van der Waals surface area contributed by atoms with Gasteiger partial charge in [-0.2, -0.15) is 0 Å². The molecule has 4 nitrogen and oxygen atoms in total. The van der Waals surface area contributed by atoms with Crippen LogP contribution in [0.1, 0.15) is 11.1 Å². The van der Waals surface area contributed by atoms with Gasteiger partial charge in [-0.1, -0.05) is 66.2 Å². The van der Waals surface area contributed by atoms with Crippen molar-refractivity contribution in [3.8, 4) is 5.69 Å². The molecule has 6 heteroatoms. The number of benzene rings is 3. The predicted octanol–water partition coefficient (Wildman–Crippen LogP) is 5.38. The van der Waals surface area contributed by atoms with E-state index in [1.807, 2.05) is 67.6 Å². The van der Waals surface area contributed by atoms with E-state index >= 15 is 0 Å². The largest absolute Gasteiger partial charge is 0.336 e. The van der Waals surface area contributed by atoms with Crippen LogP contribution in [-0.4, -0.2) is 9.13 Å². The summed E-state index contributed by atoms with van der Waals surface area (Å²) in [6, 6.07) is 22.8. The Morgan fingerprint density at radius 2 is 1.67 bits per heavy atom. The van der Waals surface area contributed by atoms with E-state index in [-0.39, 0.29) is 11.2 Å². The highest BCUT2D eigenvalue weighted by Crippen LogP contribution is 2.31. The number of aryl methyl sites for hydroxylation is 1. The summed E-state index contributed by atoms with van der Waals surface area (Å²) in [5.74, 6) is 0. The molecule has 0 unspecified atom stereocenters. The molecule has 0 aliphatic carbocycles. The van der Waals surface area contributed by atoms with E-state index in [9.17, 15) is 9.59 Å². The molecule has 0 aliphatic rings. The van der Waals surface area contributed by atoms with Gasteiger partial charge in [0.2, 0.25) is 0 Å². The molecule has 0 saturated heterocycles. The highest BCUT2D eigenvalue weighted by molar-refractivity contribution is 7.25. The van der Waals surface area contributed by atoms with Gasteiger partial charge in [0, 0.05) is 15.1 Å². The fraction of sp³-hybridized carbons (Fsp3) is 0.0833. The molecule has 30 heavy (non-hydrogen) atoms. The van der Waals surface area contributed by atoms with E-state index in [1.165, 1.54) is 15.9 Å². The lowest BCUT2D eigenvalue weighted by Crippen LogP contribution is -2.39. The zero-order chi connectivity index (χ0) is 20.8. The Morgan fingerprint density at radius 1 is 0.933 bits per heavy atom. The standard InChI is InChI=1S/C24H17ClN2O2S/c1-15-11-12-17(25)13-19(15)27-23(28)22-21(18-9-5-6-10-20(18)30-22)26(24(27)29)14-16-7-3-2-4-8-16/h2-13H,14H2,1H3. The van der Waals surface area contributed by atoms with E-state index in [4.69, 9.17) is 11.6 Å².